The van der Waals surface area contributed by atoms with Crippen LogP contribution in [-0.4, -0.2) is 34.3 Å². The second-order valence-corrected chi connectivity index (χ2v) is 6.59. The molecule has 1 atom stereocenters. The highest BCUT2D eigenvalue weighted by molar-refractivity contribution is 5.95. The van der Waals surface area contributed by atoms with Gasteiger partial charge in [-0.1, -0.05) is 12.1 Å². The van der Waals surface area contributed by atoms with Crippen LogP contribution in [0.5, 0.6) is 0 Å². The molecule has 0 spiro atoms. The van der Waals surface area contributed by atoms with Crippen LogP contribution in [-0.2, 0) is 4.79 Å². The molecule has 5 nitrogen and oxygen atoms in total. The second kappa shape index (κ2) is 7.47. The number of amides is 2. The number of likely N-dealkylation sites (tertiary alicyclic amines) is 1. The molecule has 1 fully saturated rings. The van der Waals surface area contributed by atoms with Gasteiger partial charge in [0.25, 0.3) is 5.91 Å². The fourth-order valence-electron chi connectivity index (χ4n) is 3.47. The van der Waals surface area contributed by atoms with Crippen LogP contribution in [0.25, 0.3) is 11.1 Å². The van der Waals surface area contributed by atoms with Crippen molar-refractivity contribution in [3.8, 4) is 11.1 Å². The highest BCUT2D eigenvalue weighted by atomic mass is 16.2. The lowest BCUT2D eigenvalue weighted by atomic mass is 9.97. The molecule has 1 aromatic heterocycles. The quantitative estimate of drug-likeness (QED) is 0.932. The van der Waals surface area contributed by atoms with Crippen LogP contribution in [0.15, 0.2) is 42.7 Å². The molecule has 0 bridgehead atoms. The molecule has 3 rings (SSSR count). The number of pyridine rings is 1. The SMILES string of the molecule is Cc1cnccc1-c1ccc(C(=O)N2CCCCC2CC(N)=O)cc1. The zero-order valence-corrected chi connectivity index (χ0v) is 14.4. The summed E-state index contributed by atoms with van der Waals surface area (Å²) < 4.78 is 0. The molecule has 1 aromatic carbocycles. The molecule has 1 aliphatic heterocycles. The first-order chi connectivity index (χ1) is 12.1. The Morgan fingerprint density at radius 2 is 1.96 bits per heavy atom. The summed E-state index contributed by atoms with van der Waals surface area (Å²) in [5.41, 5.74) is 9.25. The number of primary amides is 1. The number of rotatable bonds is 4. The summed E-state index contributed by atoms with van der Waals surface area (Å²) in [6.07, 6.45) is 6.67. The molecule has 2 N–H and O–H groups in total. The van der Waals surface area contributed by atoms with Gasteiger partial charge in [-0.15, -0.1) is 0 Å². The van der Waals surface area contributed by atoms with E-state index in [0.29, 0.717) is 12.1 Å². The van der Waals surface area contributed by atoms with E-state index in [9.17, 15) is 9.59 Å². The number of nitrogens with two attached hydrogens (primary N) is 1. The lowest BCUT2D eigenvalue weighted by molar-refractivity contribution is -0.119. The van der Waals surface area contributed by atoms with Crippen LogP contribution in [0.4, 0.5) is 0 Å². The van der Waals surface area contributed by atoms with E-state index in [-0.39, 0.29) is 24.3 Å². The summed E-state index contributed by atoms with van der Waals surface area (Å²) in [6, 6.07) is 9.52. The van der Waals surface area contributed by atoms with Gasteiger partial charge in [-0.05, 0) is 61.1 Å². The van der Waals surface area contributed by atoms with Gasteiger partial charge in [0, 0.05) is 37.0 Å². The van der Waals surface area contributed by atoms with Gasteiger partial charge in [0.15, 0.2) is 0 Å². The Morgan fingerprint density at radius 1 is 1.20 bits per heavy atom. The summed E-state index contributed by atoms with van der Waals surface area (Å²) in [5, 5.41) is 0. The summed E-state index contributed by atoms with van der Waals surface area (Å²) in [5.74, 6) is -0.378. The van der Waals surface area contributed by atoms with Crippen LogP contribution >= 0.6 is 0 Å². The average molecular weight is 337 g/mol. The van der Waals surface area contributed by atoms with Gasteiger partial charge < -0.3 is 10.6 Å². The third-order valence-electron chi connectivity index (χ3n) is 4.79. The number of aromatic nitrogens is 1. The van der Waals surface area contributed by atoms with Crippen LogP contribution in [0.3, 0.4) is 0 Å². The van der Waals surface area contributed by atoms with Gasteiger partial charge in [0.1, 0.15) is 0 Å². The summed E-state index contributed by atoms with van der Waals surface area (Å²) in [4.78, 5) is 30.1. The molecule has 5 heteroatoms. The van der Waals surface area contributed by atoms with Crippen LogP contribution < -0.4 is 5.73 Å². The largest absolute Gasteiger partial charge is 0.370 e. The van der Waals surface area contributed by atoms with Crippen molar-refractivity contribution in [1.82, 2.24) is 9.88 Å². The minimum atomic E-state index is -0.354. The zero-order chi connectivity index (χ0) is 17.8. The van der Waals surface area contributed by atoms with Crippen molar-refractivity contribution in [3.05, 3.63) is 53.9 Å². The fourth-order valence-corrected chi connectivity index (χ4v) is 3.47. The predicted octanol–water partition coefficient (Wildman–Crippen LogP) is 2.93. The molecule has 2 heterocycles. The highest BCUT2D eigenvalue weighted by Gasteiger charge is 2.28. The third-order valence-corrected chi connectivity index (χ3v) is 4.79. The molecule has 130 valence electrons. The Kier molecular flexibility index (Phi) is 5.12. The fraction of sp³-hybridized carbons (Fsp3) is 0.350. The van der Waals surface area contributed by atoms with Gasteiger partial charge in [0.05, 0.1) is 0 Å². The van der Waals surface area contributed by atoms with Crippen molar-refractivity contribution in [1.29, 1.82) is 0 Å². The molecule has 0 saturated carbocycles. The maximum atomic E-state index is 12.9. The number of nitrogens with zero attached hydrogens (tertiary/aromatic N) is 2. The van der Waals surface area contributed by atoms with Crippen molar-refractivity contribution in [3.63, 3.8) is 0 Å². The van der Waals surface area contributed by atoms with Crippen molar-refractivity contribution < 1.29 is 9.59 Å². The third kappa shape index (κ3) is 3.87. The molecule has 1 unspecified atom stereocenters. The molecule has 25 heavy (non-hydrogen) atoms. The molecule has 2 amide bonds. The lowest BCUT2D eigenvalue weighted by Crippen LogP contribution is -2.45. The van der Waals surface area contributed by atoms with Crippen molar-refractivity contribution >= 4 is 11.8 Å². The van der Waals surface area contributed by atoms with Crippen molar-refractivity contribution in [2.75, 3.05) is 6.54 Å². The number of hydrogen-bond donors (Lipinski definition) is 1. The Labute approximate surface area is 147 Å². The zero-order valence-electron chi connectivity index (χ0n) is 14.4. The lowest BCUT2D eigenvalue weighted by Gasteiger charge is -2.35. The van der Waals surface area contributed by atoms with Crippen molar-refractivity contribution in [2.24, 2.45) is 5.73 Å². The van der Waals surface area contributed by atoms with Crippen LogP contribution in [0.1, 0.15) is 41.6 Å². The van der Waals surface area contributed by atoms with Gasteiger partial charge in [0.2, 0.25) is 5.91 Å². The molecule has 1 saturated heterocycles. The topological polar surface area (TPSA) is 76.3 Å². The first kappa shape index (κ1) is 17.1. The molecule has 0 aliphatic carbocycles. The predicted molar refractivity (Wildman–Crippen MR) is 96.9 cm³/mol. The van der Waals surface area contributed by atoms with E-state index in [0.717, 1.165) is 36.0 Å². The summed E-state index contributed by atoms with van der Waals surface area (Å²) in [7, 11) is 0. The number of hydrogen-bond acceptors (Lipinski definition) is 3. The van der Waals surface area contributed by atoms with E-state index in [1.54, 1.807) is 11.1 Å². The van der Waals surface area contributed by atoms with E-state index in [1.165, 1.54) is 0 Å². The standard InChI is InChI=1S/C20H23N3O2/c1-14-13-22-10-9-18(14)15-5-7-16(8-6-15)20(25)23-11-3-2-4-17(23)12-19(21)24/h5-10,13,17H,2-4,11-12H2,1H3,(H2,21,24). The number of carbonyl (C=O) groups excluding carboxylic acids is 2. The van der Waals surface area contributed by atoms with Crippen molar-refractivity contribution in [2.45, 2.75) is 38.6 Å². The highest BCUT2D eigenvalue weighted by Crippen LogP contribution is 2.25. The first-order valence-electron chi connectivity index (χ1n) is 8.66. The van der Waals surface area contributed by atoms with Crippen LogP contribution in [0, 0.1) is 6.92 Å². The monoisotopic (exact) mass is 337 g/mol. The Hall–Kier alpha value is -2.69. The smallest absolute Gasteiger partial charge is 0.254 e. The Morgan fingerprint density at radius 3 is 2.64 bits per heavy atom. The van der Waals surface area contributed by atoms with E-state index in [4.69, 9.17) is 5.73 Å². The number of aryl methyl sites for hydroxylation is 1. The average Bonchev–Trinajstić information content (AvgIpc) is 2.62. The van der Waals surface area contributed by atoms with E-state index < -0.39 is 0 Å². The van der Waals surface area contributed by atoms with E-state index in [2.05, 4.69) is 4.98 Å². The van der Waals surface area contributed by atoms with E-state index >= 15 is 0 Å². The molecule has 0 radical (unpaired) electrons. The summed E-state index contributed by atoms with van der Waals surface area (Å²) in [6.45, 7) is 2.70. The molecule has 2 aromatic rings. The normalized spacial score (nSPS) is 17.3. The van der Waals surface area contributed by atoms with Gasteiger partial charge >= 0.3 is 0 Å². The minimum absolute atomic E-state index is 0.0241. The number of piperidine rings is 1. The van der Waals surface area contributed by atoms with E-state index in [1.807, 2.05) is 43.5 Å². The molecular weight excluding hydrogens is 314 g/mol. The second-order valence-electron chi connectivity index (χ2n) is 6.59. The summed E-state index contributed by atoms with van der Waals surface area (Å²) >= 11 is 0. The maximum absolute atomic E-state index is 12.9. The first-order valence-corrected chi connectivity index (χ1v) is 8.66. The molecule has 1 aliphatic rings. The van der Waals surface area contributed by atoms with Crippen LogP contribution in [0.2, 0.25) is 0 Å². The number of carbonyl (C=O) groups is 2. The van der Waals surface area contributed by atoms with Gasteiger partial charge in [-0.2, -0.15) is 0 Å². The Bertz CT molecular complexity index is 771. The van der Waals surface area contributed by atoms with Gasteiger partial charge in [-0.25, -0.2) is 0 Å². The minimum Gasteiger partial charge on any atom is -0.370 e. The maximum Gasteiger partial charge on any atom is 0.254 e. The van der Waals surface area contributed by atoms with Gasteiger partial charge in [-0.3, -0.25) is 14.6 Å². The number of benzene rings is 1. The Balaban J connectivity index is 1.80. The molecular formula is C20H23N3O2.